The standard InChI is InChI=1S/C17H18N6O4/c1-11-7-15(22-27-11)21-17(25)20-13-8-18-23(9-13)10-16(24)19-12-3-5-14(26-2)6-4-12/h3-9H,10H2,1-2H3,(H,19,24)(H2,20,21,22,25). The summed E-state index contributed by atoms with van der Waals surface area (Å²) in [6.07, 6.45) is 2.98. The average molecular weight is 370 g/mol. The predicted octanol–water partition coefficient (Wildman–Crippen LogP) is 2.47. The Morgan fingerprint density at radius 3 is 2.59 bits per heavy atom. The van der Waals surface area contributed by atoms with Gasteiger partial charge in [-0.1, -0.05) is 5.16 Å². The number of urea groups is 1. The van der Waals surface area contributed by atoms with Crippen LogP contribution in [-0.2, 0) is 11.3 Å². The number of aryl methyl sites for hydroxylation is 1. The summed E-state index contributed by atoms with van der Waals surface area (Å²) in [7, 11) is 1.57. The number of ether oxygens (including phenoxy) is 1. The summed E-state index contributed by atoms with van der Waals surface area (Å²) in [4.78, 5) is 24.0. The number of hydrogen-bond donors (Lipinski definition) is 3. The first-order chi connectivity index (χ1) is 13.0. The molecule has 0 fully saturated rings. The molecule has 0 saturated heterocycles. The van der Waals surface area contributed by atoms with E-state index in [9.17, 15) is 9.59 Å². The second-order valence-corrected chi connectivity index (χ2v) is 5.61. The van der Waals surface area contributed by atoms with Crippen LogP contribution in [0.4, 0.5) is 22.0 Å². The number of carbonyl (C=O) groups is 2. The van der Waals surface area contributed by atoms with E-state index in [0.29, 0.717) is 28.7 Å². The van der Waals surface area contributed by atoms with Crippen molar-refractivity contribution >= 4 is 29.1 Å². The van der Waals surface area contributed by atoms with Gasteiger partial charge in [0, 0.05) is 18.0 Å². The van der Waals surface area contributed by atoms with Crippen LogP contribution in [0.1, 0.15) is 5.76 Å². The highest BCUT2D eigenvalue weighted by molar-refractivity contribution is 5.99. The third-order valence-electron chi connectivity index (χ3n) is 3.44. The van der Waals surface area contributed by atoms with Crippen LogP contribution in [-0.4, -0.2) is 34.0 Å². The lowest BCUT2D eigenvalue weighted by Gasteiger charge is -2.06. The Bertz CT molecular complexity index is 931. The van der Waals surface area contributed by atoms with Crippen LogP contribution in [0.25, 0.3) is 0 Å². The van der Waals surface area contributed by atoms with Crippen molar-refractivity contribution in [2.24, 2.45) is 0 Å². The molecule has 10 nitrogen and oxygen atoms in total. The Kier molecular flexibility index (Phi) is 5.36. The van der Waals surface area contributed by atoms with Gasteiger partial charge in [0.05, 0.1) is 19.0 Å². The molecule has 140 valence electrons. The number of benzene rings is 1. The van der Waals surface area contributed by atoms with Gasteiger partial charge >= 0.3 is 6.03 Å². The van der Waals surface area contributed by atoms with E-state index in [4.69, 9.17) is 9.26 Å². The van der Waals surface area contributed by atoms with Crippen molar-refractivity contribution in [3.63, 3.8) is 0 Å². The summed E-state index contributed by atoms with van der Waals surface area (Å²) in [6, 6.07) is 8.07. The Morgan fingerprint density at radius 1 is 1.15 bits per heavy atom. The van der Waals surface area contributed by atoms with Gasteiger partial charge in [-0.05, 0) is 31.2 Å². The molecule has 3 N–H and O–H groups in total. The van der Waals surface area contributed by atoms with Gasteiger partial charge in [0.1, 0.15) is 18.1 Å². The second kappa shape index (κ2) is 8.04. The van der Waals surface area contributed by atoms with Gasteiger partial charge in [0.2, 0.25) is 5.91 Å². The van der Waals surface area contributed by atoms with Crippen LogP contribution in [0, 0.1) is 6.92 Å². The fourth-order valence-electron chi connectivity index (χ4n) is 2.24. The molecular weight excluding hydrogens is 352 g/mol. The van der Waals surface area contributed by atoms with Crippen LogP contribution in [0.3, 0.4) is 0 Å². The number of hydrogen-bond acceptors (Lipinski definition) is 6. The third kappa shape index (κ3) is 5.08. The quantitative estimate of drug-likeness (QED) is 0.612. The fourth-order valence-corrected chi connectivity index (χ4v) is 2.24. The zero-order valence-corrected chi connectivity index (χ0v) is 14.7. The first-order valence-electron chi connectivity index (χ1n) is 7.99. The second-order valence-electron chi connectivity index (χ2n) is 5.61. The average Bonchev–Trinajstić information content (AvgIpc) is 3.24. The SMILES string of the molecule is COc1ccc(NC(=O)Cn2cc(NC(=O)Nc3cc(C)on3)cn2)cc1. The fraction of sp³-hybridized carbons (Fsp3) is 0.176. The molecular formula is C17H18N6O4. The van der Waals surface area contributed by atoms with E-state index in [0.717, 1.165) is 0 Å². The Hall–Kier alpha value is -3.82. The van der Waals surface area contributed by atoms with Crippen LogP contribution >= 0.6 is 0 Å². The zero-order chi connectivity index (χ0) is 19.2. The maximum absolute atomic E-state index is 12.1. The van der Waals surface area contributed by atoms with Crippen molar-refractivity contribution in [3.05, 3.63) is 48.5 Å². The summed E-state index contributed by atoms with van der Waals surface area (Å²) in [6.45, 7) is 1.72. The molecule has 3 rings (SSSR count). The van der Waals surface area contributed by atoms with Gasteiger partial charge < -0.3 is 19.9 Å². The summed E-state index contributed by atoms with van der Waals surface area (Å²) >= 11 is 0. The highest BCUT2D eigenvalue weighted by Gasteiger charge is 2.09. The number of rotatable bonds is 6. The summed E-state index contributed by atoms with van der Waals surface area (Å²) in [5.41, 5.74) is 1.08. The molecule has 0 bridgehead atoms. The van der Waals surface area contributed by atoms with Crippen LogP contribution in [0.5, 0.6) is 5.75 Å². The van der Waals surface area contributed by atoms with Crippen LogP contribution in [0.2, 0.25) is 0 Å². The number of nitrogens with one attached hydrogen (secondary N) is 3. The number of amides is 3. The maximum Gasteiger partial charge on any atom is 0.325 e. The molecule has 3 aromatic rings. The van der Waals surface area contributed by atoms with E-state index >= 15 is 0 Å². The Balaban J connectivity index is 1.50. The Labute approximate surface area is 154 Å². The van der Waals surface area contributed by atoms with Gasteiger partial charge in [-0.3, -0.25) is 14.8 Å². The van der Waals surface area contributed by atoms with E-state index in [1.54, 1.807) is 50.6 Å². The van der Waals surface area contributed by atoms with Gasteiger partial charge in [0.15, 0.2) is 5.82 Å². The number of anilines is 3. The van der Waals surface area contributed by atoms with Crippen molar-refractivity contribution in [2.75, 3.05) is 23.1 Å². The van der Waals surface area contributed by atoms with Gasteiger partial charge in [-0.15, -0.1) is 0 Å². The molecule has 0 saturated carbocycles. The van der Waals surface area contributed by atoms with E-state index < -0.39 is 6.03 Å². The highest BCUT2D eigenvalue weighted by atomic mass is 16.5. The summed E-state index contributed by atoms with van der Waals surface area (Å²) < 4.78 is 11.3. The van der Waals surface area contributed by atoms with Gasteiger partial charge in [0.25, 0.3) is 0 Å². The molecule has 0 aliphatic heterocycles. The van der Waals surface area contributed by atoms with Gasteiger partial charge in [-0.25, -0.2) is 4.79 Å². The number of methoxy groups -OCH3 is 1. The minimum absolute atomic E-state index is 0.00217. The molecule has 0 aliphatic rings. The normalized spacial score (nSPS) is 10.3. The number of aromatic nitrogens is 3. The molecule has 2 aromatic heterocycles. The largest absolute Gasteiger partial charge is 0.497 e. The minimum atomic E-state index is -0.495. The summed E-state index contributed by atoms with van der Waals surface area (Å²) in [5, 5.41) is 15.6. The van der Waals surface area contributed by atoms with Crippen molar-refractivity contribution in [3.8, 4) is 5.75 Å². The molecule has 1 aromatic carbocycles. The van der Waals surface area contributed by atoms with Crippen molar-refractivity contribution in [1.82, 2.24) is 14.9 Å². The Morgan fingerprint density at radius 2 is 1.93 bits per heavy atom. The topological polar surface area (TPSA) is 123 Å². The van der Waals surface area contributed by atoms with Crippen molar-refractivity contribution in [1.29, 1.82) is 0 Å². The highest BCUT2D eigenvalue weighted by Crippen LogP contribution is 2.15. The molecule has 3 amide bonds. The molecule has 10 heteroatoms. The molecule has 0 atom stereocenters. The first kappa shape index (κ1) is 18.0. The smallest absolute Gasteiger partial charge is 0.325 e. The van der Waals surface area contributed by atoms with E-state index in [1.807, 2.05) is 0 Å². The monoisotopic (exact) mass is 370 g/mol. The lowest BCUT2D eigenvalue weighted by molar-refractivity contribution is -0.116. The van der Waals surface area contributed by atoms with Crippen molar-refractivity contribution < 1.29 is 18.8 Å². The molecule has 0 radical (unpaired) electrons. The third-order valence-corrected chi connectivity index (χ3v) is 3.44. The lowest BCUT2D eigenvalue weighted by Crippen LogP contribution is -2.20. The van der Waals surface area contributed by atoms with Gasteiger partial charge in [-0.2, -0.15) is 5.10 Å². The molecule has 0 spiro atoms. The van der Waals surface area contributed by atoms with E-state index in [2.05, 4.69) is 26.2 Å². The maximum atomic E-state index is 12.1. The van der Waals surface area contributed by atoms with E-state index in [-0.39, 0.29) is 12.5 Å². The predicted molar refractivity (Wildman–Crippen MR) is 97.7 cm³/mol. The van der Waals surface area contributed by atoms with Crippen molar-refractivity contribution in [2.45, 2.75) is 13.5 Å². The molecule has 0 aliphatic carbocycles. The van der Waals surface area contributed by atoms with E-state index in [1.165, 1.54) is 10.9 Å². The first-order valence-corrected chi connectivity index (χ1v) is 7.99. The number of carbonyl (C=O) groups excluding carboxylic acids is 2. The molecule has 27 heavy (non-hydrogen) atoms. The number of nitrogens with zero attached hydrogens (tertiary/aromatic N) is 3. The van der Waals surface area contributed by atoms with Crippen LogP contribution in [0.15, 0.2) is 47.2 Å². The minimum Gasteiger partial charge on any atom is -0.497 e. The summed E-state index contributed by atoms with van der Waals surface area (Å²) in [5.74, 6) is 1.34. The zero-order valence-electron chi connectivity index (χ0n) is 14.7. The molecule has 2 heterocycles. The lowest BCUT2D eigenvalue weighted by atomic mass is 10.3. The molecule has 0 unspecified atom stereocenters. The van der Waals surface area contributed by atoms with Crippen LogP contribution < -0.4 is 20.7 Å².